The van der Waals surface area contributed by atoms with Gasteiger partial charge in [-0.3, -0.25) is 13.8 Å². The summed E-state index contributed by atoms with van der Waals surface area (Å²) in [6.07, 6.45) is 8.36. The number of hydrogen-bond acceptors (Lipinski definition) is 8. The minimum atomic E-state index is -4.62. The SMILES string of the molecule is CC=C(C)C=CC=C(C)C=CC1C(C)=CC(OP(=O)(O)OC[C@H](O)[C@H]2OC(=O)C(O)C2=O)CC1(C)C. The van der Waals surface area contributed by atoms with E-state index in [2.05, 4.69) is 16.9 Å². The highest BCUT2D eigenvalue weighted by Crippen LogP contribution is 2.50. The van der Waals surface area contributed by atoms with Crippen molar-refractivity contribution in [1.29, 1.82) is 0 Å². The third-order valence-electron chi connectivity index (χ3n) is 6.28. The summed E-state index contributed by atoms with van der Waals surface area (Å²) in [7, 11) is -4.62. The number of aliphatic hydroxyl groups is 2. The summed E-state index contributed by atoms with van der Waals surface area (Å²) >= 11 is 0. The zero-order chi connectivity index (χ0) is 27.3. The standard InChI is InChI=1S/C26H37O9P/c1-7-16(2)9-8-10-17(3)11-12-20-18(4)13-19(14-26(20,5)6)35-36(31,32)33-15-21(27)24-22(28)23(29)25(30)34-24/h7-13,19-21,23-24,27,29H,14-15H2,1-6H3,(H,31,32)/t19?,20?,21-,23?,24+/m0/s1. The number of carbonyl (C=O) groups excluding carboxylic acids is 2. The Morgan fingerprint density at radius 1 is 1.28 bits per heavy atom. The van der Waals surface area contributed by atoms with Crippen molar-refractivity contribution < 1.29 is 43.0 Å². The minimum absolute atomic E-state index is 0.0808. The number of phosphoric acid groups is 1. The van der Waals surface area contributed by atoms with Crippen LogP contribution in [-0.2, 0) is 27.9 Å². The average molecular weight is 525 g/mol. The van der Waals surface area contributed by atoms with Crippen LogP contribution < -0.4 is 0 Å². The molecule has 0 spiro atoms. The lowest BCUT2D eigenvalue weighted by Gasteiger charge is -2.40. The van der Waals surface area contributed by atoms with Crippen LogP contribution >= 0.6 is 7.82 Å². The van der Waals surface area contributed by atoms with E-state index in [0.29, 0.717) is 6.42 Å². The van der Waals surface area contributed by atoms with Crippen molar-refractivity contribution in [2.45, 2.75) is 72.4 Å². The molecule has 0 aromatic heterocycles. The second-order valence-corrected chi connectivity index (χ2v) is 11.3. The average Bonchev–Trinajstić information content (AvgIpc) is 3.03. The number of Topliss-reactive ketones (excluding diaryl/α,β-unsaturated/α-hetero) is 1. The summed E-state index contributed by atoms with van der Waals surface area (Å²) in [5.74, 6) is -2.14. The van der Waals surface area contributed by atoms with Gasteiger partial charge in [0, 0.05) is 5.92 Å². The zero-order valence-corrected chi connectivity index (χ0v) is 22.5. The van der Waals surface area contributed by atoms with E-state index in [4.69, 9.17) is 9.05 Å². The fourth-order valence-corrected chi connectivity index (χ4v) is 5.08. The predicted octanol–water partition coefficient (Wildman–Crippen LogP) is 3.72. The number of hydrogen-bond donors (Lipinski definition) is 3. The third-order valence-corrected chi connectivity index (χ3v) is 7.29. The number of ether oxygens (including phenoxy) is 1. The van der Waals surface area contributed by atoms with Crippen molar-refractivity contribution >= 4 is 19.6 Å². The Morgan fingerprint density at radius 3 is 2.50 bits per heavy atom. The Balaban J connectivity index is 2.01. The highest BCUT2D eigenvalue weighted by atomic mass is 31.2. The number of aliphatic hydroxyl groups excluding tert-OH is 2. The van der Waals surface area contributed by atoms with Gasteiger partial charge in [0.15, 0.2) is 6.10 Å². The Hall–Kier alpha value is -2.13. The fourth-order valence-electron chi connectivity index (χ4n) is 4.20. The van der Waals surface area contributed by atoms with Crippen molar-refractivity contribution in [2.75, 3.05) is 6.61 Å². The molecule has 0 saturated carbocycles. The third kappa shape index (κ3) is 8.20. The van der Waals surface area contributed by atoms with Crippen molar-refractivity contribution in [1.82, 2.24) is 0 Å². The zero-order valence-electron chi connectivity index (χ0n) is 21.6. The Labute approximate surface area is 212 Å². The van der Waals surface area contributed by atoms with Crippen LogP contribution in [0, 0.1) is 11.3 Å². The van der Waals surface area contributed by atoms with Gasteiger partial charge in [0.2, 0.25) is 11.9 Å². The van der Waals surface area contributed by atoms with E-state index in [0.717, 1.165) is 11.1 Å². The Morgan fingerprint density at radius 2 is 1.94 bits per heavy atom. The summed E-state index contributed by atoms with van der Waals surface area (Å²) in [4.78, 5) is 33.1. The van der Waals surface area contributed by atoms with Crippen LogP contribution in [0.4, 0.5) is 0 Å². The molecule has 2 rings (SSSR count). The molecule has 0 aromatic carbocycles. The molecule has 4 unspecified atom stereocenters. The van der Waals surface area contributed by atoms with Gasteiger partial charge in [-0.05, 0) is 39.5 Å². The van der Waals surface area contributed by atoms with Crippen LogP contribution in [0.25, 0.3) is 0 Å². The van der Waals surface area contributed by atoms with Crippen LogP contribution in [0.5, 0.6) is 0 Å². The van der Waals surface area contributed by atoms with Gasteiger partial charge in [-0.2, -0.15) is 0 Å². The summed E-state index contributed by atoms with van der Waals surface area (Å²) in [6.45, 7) is 11.2. The van der Waals surface area contributed by atoms with Crippen LogP contribution in [-0.4, -0.2) is 57.9 Å². The molecule has 36 heavy (non-hydrogen) atoms. The van der Waals surface area contributed by atoms with Crippen molar-refractivity contribution in [3.8, 4) is 0 Å². The Bertz CT molecular complexity index is 1030. The summed E-state index contributed by atoms with van der Waals surface area (Å²) in [5, 5.41) is 19.4. The number of ketones is 1. The normalized spacial score (nSPS) is 30.0. The maximum Gasteiger partial charge on any atom is 0.472 e. The number of rotatable bonds is 10. The molecule has 6 atom stereocenters. The topological polar surface area (TPSA) is 140 Å². The molecule has 9 nitrogen and oxygen atoms in total. The first-order chi connectivity index (χ1) is 16.7. The Kier molecular flexibility index (Phi) is 10.4. The van der Waals surface area contributed by atoms with E-state index < -0.39 is 50.6 Å². The van der Waals surface area contributed by atoms with Gasteiger partial charge in [0.05, 0.1) is 12.7 Å². The van der Waals surface area contributed by atoms with E-state index in [1.54, 1.807) is 6.08 Å². The van der Waals surface area contributed by atoms with Gasteiger partial charge >= 0.3 is 13.8 Å². The monoisotopic (exact) mass is 524 g/mol. The first kappa shape index (κ1) is 30.1. The van der Waals surface area contributed by atoms with E-state index in [-0.39, 0.29) is 11.3 Å². The van der Waals surface area contributed by atoms with Gasteiger partial charge < -0.3 is 19.8 Å². The van der Waals surface area contributed by atoms with Crippen molar-refractivity contribution in [2.24, 2.45) is 11.3 Å². The van der Waals surface area contributed by atoms with E-state index in [1.807, 2.05) is 65.8 Å². The van der Waals surface area contributed by atoms with Crippen LogP contribution in [0.2, 0.25) is 0 Å². The molecule has 10 heteroatoms. The smallest absolute Gasteiger partial charge is 0.449 e. The second-order valence-electron chi connectivity index (χ2n) is 9.88. The molecule has 1 heterocycles. The van der Waals surface area contributed by atoms with Gasteiger partial charge in [0.1, 0.15) is 6.10 Å². The largest absolute Gasteiger partial charge is 0.472 e. The number of cyclic esters (lactones) is 1. The molecule has 1 aliphatic carbocycles. The van der Waals surface area contributed by atoms with Gasteiger partial charge in [-0.25, -0.2) is 9.36 Å². The van der Waals surface area contributed by atoms with Crippen LogP contribution in [0.15, 0.2) is 59.3 Å². The lowest BCUT2D eigenvalue weighted by molar-refractivity contribution is -0.151. The lowest BCUT2D eigenvalue weighted by atomic mass is 9.67. The molecule has 2 aliphatic rings. The molecule has 3 N–H and O–H groups in total. The lowest BCUT2D eigenvalue weighted by Crippen LogP contribution is -2.37. The first-order valence-corrected chi connectivity index (χ1v) is 13.3. The molecular formula is C26H37O9P. The predicted molar refractivity (Wildman–Crippen MR) is 135 cm³/mol. The minimum Gasteiger partial charge on any atom is -0.449 e. The van der Waals surface area contributed by atoms with Gasteiger partial charge in [0.25, 0.3) is 0 Å². The van der Waals surface area contributed by atoms with Crippen LogP contribution in [0.1, 0.15) is 48.0 Å². The maximum absolute atomic E-state index is 12.5. The number of esters is 1. The summed E-state index contributed by atoms with van der Waals surface area (Å²) < 4.78 is 27.3. The van der Waals surface area contributed by atoms with Crippen molar-refractivity contribution in [3.05, 3.63) is 59.3 Å². The maximum atomic E-state index is 12.5. The molecule has 0 bridgehead atoms. The van der Waals surface area contributed by atoms with E-state index in [1.165, 1.54) is 5.57 Å². The molecule has 1 fully saturated rings. The highest BCUT2D eigenvalue weighted by Gasteiger charge is 2.47. The van der Waals surface area contributed by atoms with Gasteiger partial charge in [-0.1, -0.05) is 73.1 Å². The van der Waals surface area contributed by atoms with Gasteiger partial charge in [-0.15, -0.1) is 0 Å². The fraction of sp³-hybridized carbons (Fsp3) is 0.538. The number of carbonyl (C=O) groups is 2. The van der Waals surface area contributed by atoms with Crippen molar-refractivity contribution in [3.63, 3.8) is 0 Å². The van der Waals surface area contributed by atoms with E-state index >= 15 is 0 Å². The molecule has 0 amide bonds. The first-order valence-electron chi connectivity index (χ1n) is 11.8. The quantitative estimate of drug-likeness (QED) is 0.128. The summed E-state index contributed by atoms with van der Waals surface area (Å²) in [6, 6.07) is 0. The molecule has 1 saturated heterocycles. The molecular weight excluding hydrogens is 487 g/mol. The molecule has 0 radical (unpaired) electrons. The number of allylic oxidation sites excluding steroid dienone is 9. The number of phosphoric ester groups is 1. The van der Waals surface area contributed by atoms with Crippen LogP contribution in [0.3, 0.4) is 0 Å². The van der Waals surface area contributed by atoms with E-state index in [9.17, 15) is 29.3 Å². The molecule has 1 aliphatic heterocycles. The molecule has 200 valence electrons. The highest BCUT2D eigenvalue weighted by molar-refractivity contribution is 7.47. The summed E-state index contributed by atoms with van der Waals surface area (Å²) in [5.41, 5.74) is 2.94. The second kappa shape index (κ2) is 12.4. The molecule has 0 aromatic rings.